The first kappa shape index (κ1) is 15.5. The molecule has 0 spiro atoms. The molecule has 0 aliphatic rings. The van der Waals surface area contributed by atoms with Gasteiger partial charge in [0, 0.05) is 7.11 Å². The number of aliphatic hydroxyl groups excluding tert-OH is 1. The Morgan fingerprint density at radius 1 is 0.750 bits per heavy atom. The maximum atomic E-state index is 9.02. The van der Waals surface area contributed by atoms with Gasteiger partial charge in [0.2, 0.25) is 1.43 Å². The highest BCUT2D eigenvalue weighted by molar-refractivity contribution is 5.30. The van der Waals surface area contributed by atoms with Crippen LogP contribution in [0, 0.1) is 0 Å². The second-order valence-electron chi connectivity index (χ2n) is 7.41. The van der Waals surface area contributed by atoms with E-state index in [0.29, 0.717) is 5.75 Å². The van der Waals surface area contributed by atoms with Crippen LogP contribution in [0.4, 0.5) is 0 Å². The lowest BCUT2D eigenvalue weighted by molar-refractivity contribution is 0.399. The summed E-state index contributed by atoms with van der Waals surface area (Å²) in [5.74, 6) is 0.344. The quantitative estimate of drug-likeness (QED) is 0.687. The Hall–Kier alpha value is -2.00. The van der Waals surface area contributed by atoms with E-state index in [-0.39, 0.29) is 28.7 Å². The maximum absolute atomic E-state index is 9.02. The van der Waals surface area contributed by atoms with E-state index in [1.807, 2.05) is 32.9 Å². The zero-order chi connectivity index (χ0) is 22.1. The Bertz CT molecular complexity index is 695. The van der Waals surface area contributed by atoms with Gasteiger partial charge < -0.3 is 15.3 Å². The number of benzene rings is 2. The van der Waals surface area contributed by atoms with Crippen LogP contribution < -0.4 is 0 Å². The van der Waals surface area contributed by atoms with Crippen LogP contribution >= 0.6 is 0 Å². The van der Waals surface area contributed by atoms with Crippen molar-refractivity contribution in [1.82, 2.24) is 0 Å². The smallest absolute Gasteiger partial charge is 0.293 e. The molecule has 0 aliphatic carbocycles. The van der Waals surface area contributed by atoms with Crippen molar-refractivity contribution in [2.45, 2.75) is 52.4 Å². The number of aliphatic hydroxyl groups is 1. The van der Waals surface area contributed by atoms with Crippen LogP contribution in [0.15, 0.2) is 48.5 Å². The zero-order valence-corrected chi connectivity index (χ0v) is 15.7. The van der Waals surface area contributed by atoms with Crippen molar-refractivity contribution in [2.24, 2.45) is 0 Å². The van der Waals surface area contributed by atoms with Crippen molar-refractivity contribution >= 4 is 0 Å². The predicted octanol–water partition coefficient (Wildman–Crippen LogP) is 4.99. The second-order valence-corrected chi connectivity index (χ2v) is 7.41. The molecular formula is C21H32O3. The standard InChI is InChI=1S/2C10H14O.CH4O/c2*1-10(2,3)8-4-6-9(11)7-5-8;1-2/h2*4-7,11H,1-3H3;2H,1H3/i6D,7D;;2D/hD. The molecule has 0 atom stereocenters. The monoisotopic (exact) mass is 336 g/mol. The van der Waals surface area contributed by atoms with Crippen molar-refractivity contribution in [3.8, 4) is 11.5 Å². The van der Waals surface area contributed by atoms with Crippen LogP contribution in [0.2, 0.25) is 0 Å². The first-order valence-electron chi connectivity index (χ1n) is 9.63. The van der Waals surface area contributed by atoms with E-state index < -0.39 is 0 Å². The third-order valence-electron chi connectivity index (χ3n) is 3.32. The van der Waals surface area contributed by atoms with Gasteiger partial charge in [0.25, 0.3) is 1.43 Å². The average molecular weight is 337 g/mol. The Morgan fingerprint density at radius 2 is 1.12 bits per heavy atom. The van der Waals surface area contributed by atoms with Crippen LogP contribution in [-0.4, -0.2) is 25.3 Å². The van der Waals surface area contributed by atoms with E-state index in [9.17, 15) is 0 Å². The molecule has 0 saturated heterocycles. The number of hydrogen-bond acceptors (Lipinski definition) is 3. The van der Waals surface area contributed by atoms with Crippen molar-refractivity contribution < 1.29 is 18.1 Å². The fraction of sp³-hybridized carbons (Fsp3) is 0.429. The lowest BCUT2D eigenvalue weighted by atomic mass is 9.87. The molecule has 0 bridgehead atoms. The molecule has 134 valence electrons. The molecule has 0 radical (unpaired) electrons. The molecule has 0 aliphatic heterocycles. The number of rotatable bonds is 1. The van der Waals surface area contributed by atoms with Gasteiger partial charge in [-0.15, -0.1) is 0 Å². The largest absolute Gasteiger partial charge is 0.508 e. The van der Waals surface area contributed by atoms with E-state index >= 15 is 0 Å². The summed E-state index contributed by atoms with van der Waals surface area (Å²) >= 11 is 0. The minimum Gasteiger partial charge on any atom is -0.508 e. The minimum absolute atomic E-state index is 0.0120. The zero-order valence-electron chi connectivity index (χ0n) is 19.7. The lowest BCUT2D eigenvalue weighted by Gasteiger charge is -2.18. The van der Waals surface area contributed by atoms with Crippen LogP contribution in [0.25, 0.3) is 0 Å². The van der Waals surface area contributed by atoms with E-state index in [2.05, 4.69) is 31.0 Å². The summed E-state index contributed by atoms with van der Waals surface area (Å²) in [6.07, 6.45) is 0. The fourth-order valence-electron chi connectivity index (χ4n) is 1.76. The SMILES string of the molecule is CC(C)(C)c1ccc(O)cc1.[2H]OC.[2H]Oc1c([2H])cc(C(C)(C)C)cc1[2H]. The Balaban J connectivity index is 0.000000466. The average Bonchev–Trinajstić information content (AvgIpc) is 2.54. The van der Waals surface area contributed by atoms with Crippen LogP contribution in [-0.2, 0) is 10.8 Å². The van der Waals surface area contributed by atoms with E-state index in [1.165, 1.54) is 12.7 Å². The van der Waals surface area contributed by atoms with Gasteiger partial charge in [-0.05, 0) is 46.2 Å². The highest BCUT2D eigenvalue weighted by atomic mass is 16.3. The second kappa shape index (κ2) is 9.33. The molecule has 3 heteroatoms. The van der Waals surface area contributed by atoms with Crippen molar-refractivity contribution in [2.75, 3.05) is 7.11 Å². The third kappa shape index (κ3) is 8.02. The summed E-state index contributed by atoms with van der Waals surface area (Å²) < 4.78 is 27.6. The molecule has 24 heavy (non-hydrogen) atoms. The molecule has 3 nitrogen and oxygen atoms in total. The Morgan fingerprint density at radius 3 is 1.46 bits per heavy atom. The molecule has 2 aromatic rings. The summed E-state index contributed by atoms with van der Waals surface area (Å²) in [5, 5.41) is 16.7. The van der Waals surface area contributed by atoms with E-state index in [1.54, 1.807) is 24.3 Å². The molecular weight excluding hydrogens is 300 g/mol. The number of aromatic hydroxyl groups is 2. The number of hydrogen-bond donors (Lipinski definition) is 3. The van der Waals surface area contributed by atoms with Crippen LogP contribution in [0.1, 0.15) is 55.4 Å². The normalized spacial score (nSPS) is 13.0. The van der Waals surface area contributed by atoms with Crippen molar-refractivity contribution in [3.05, 3.63) is 59.6 Å². The summed E-state index contributed by atoms with van der Waals surface area (Å²) in [4.78, 5) is 0. The lowest BCUT2D eigenvalue weighted by Crippen LogP contribution is -2.10. The molecule has 0 amide bonds. The molecule has 2 rings (SSSR count). The first-order chi connectivity index (χ1) is 12.8. The van der Waals surface area contributed by atoms with Gasteiger partial charge in [0.15, 0.2) is 0 Å². The van der Waals surface area contributed by atoms with Gasteiger partial charge in [-0.2, -0.15) is 0 Å². The third-order valence-corrected chi connectivity index (χ3v) is 3.32. The molecule has 0 unspecified atom stereocenters. The highest BCUT2D eigenvalue weighted by Crippen LogP contribution is 2.24. The summed E-state index contributed by atoms with van der Waals surface area (Å²) in [6.45, 7) is 12.5. The predicted molar refractivity (Wildman–Crippen MR) is 102 cm³/mol. The highest BCUT2D eigenvalue weighted by Gasteiger charge is 2.13. The molecule has 0 saturated carbocycles. The van der Waals surface area contributed by atoms with Gasteiger partial charge in [0.05, 0.1) is 2.74 Å². The van der Waals surface area contributed by atoms with Gasteiger partial charge in [0.1, 0.15) is 11.5 Å². The van der Waals surface area contributed by atoms with E-state index in [0.717, 1.165) is 5.56 Å². The number of phenolic OH excluding ortho intramolecular Hbond substituents is 2. The molecule has 0 heterocycles. The van der Waals surface area contributed by atoms with Gasteiger partial charge in [-0.25, -0.2) is 0 Å². The van der Waals surface area contributed by atoms with Gasteiger partial charge >= 0.3 is 0 Å². The molecule has 3 N–H and O–H groups in total. The topological polar surface area (TPSA) is 60.7 Å². The van der Waals surface area contributed by atoms with Crippen LogP contribution in [0.5, 0.6) is 11.5 Å². The Kier molecular flexibility index (Phi) is 6.04. The molecule has 0 fully saturated rings. The van der Waals surface area contributed by atoms with Crippen molar-refractivity contribution in [3.63, 3.8) is 0 Å². The fourth-order valence-corrected chi connectivity index (χ4v) is 1.76. The minimum atomic E-state index is -0.0911. The summed E-state index contributed by atoms with van der Waals surface area (Å²) in [5.41, 5.74) is 2.24. The van der Waals surface area contributed by atoms with Gasteiger partial charge in [-0.1, -0.05) is 65.8 Å². The van der Waals surface area contributed by atoms with Gasteiger partial charge in [-0.3, -0.25) is 0 Å². The first-order valence-corrected chi connectivity index (χ1v) is 7.81. The summed E-state index contributed by atoms with van der Waals surface area (Å²) in [6, 6.07) is 10.8. The Labute approximate surface area is 152 Å². The van der Waals surface area contributed by atoms with E-state index in [4.69, 9.17) is 10.7 Å². The molecule has 2 aromatic carbocycles. The number of phenols is 2. The maximum Gasteiger partial charge on any atom is 0.293 e. The summed E-state index contributed by atoms with van der Waals surface area (Å²) in [7, 11) is 1.29. The van der Waals surface area contributed by atoms with Crippen LogP contribution in [0.3, 0.4) is 0 Å². The molecule has 0 aromatic heterocycles. The van der Waals surface area contributed by atoms with Crippen molar-refractivity contribution in [1.29, 1.82) is 2.86 Å².